The summed E-state index contributed by atoms with van der Waals surface area (Å²) in [5.41, 5.74) is 0. The van der Waals surface area contributed by atoms with E-state index in [0.29, 0.717) is 0 Å². The Kier molecular flexibility index (Phi) is 15.5. The number of aliphatic carboxylic acids is 4. The van der Waals surface area contributed by atoms with Crippen molar-refractivity contribution >= 4 is 47.4 Å². The molecule has 0 aliphatic rings. The van der Waals surface area contributed by atoms with Crippen LogP contribution in [0.1, 0.15) is 58.3 Å². The summed E-state index contributed by atoms with van der Waals surface area (Å²) in [6, 6.07) is -5.47. The number of carboxylic acid groups (broad SMARTS) is 4. The van der Waals surface area contributed by atoms with Crippen LogP contribution in [0.4, 0.5) is 0 Å². The number of rotatable bonds is 20. The molecule has 214 valence electrons. The van der Waals surface area contributed by atoms with E-state index in [9.17, 15) is 48.6 Å². The number of hydrogen-bond donors (Lipinski definition) is 8. The van der Waals surface area contributed by atoms with Crippen molar-refractivity contribution in [2.45, 2.75) is 82.5 Å². The summed E-state index contributed by atoms with van der Waals surface area (Å²) in [6.07, 6.45) is -2.66. The van der Waals surface area contributed by atoms with Gasteiger partial charge in [0.1, 0.15) is 30.0 Å². The lowest BCUT2D eigenvalue weighted by molar-refractivity contribution is -0.143. The van der Waals surface area contributed by atoms with Gasteiger partial charge >= 0.3 is 23.9 Å². The number of hydrogen-bond acceptors (Lipinski definition) is 9. The van der Waals surface area contributed by atoms with E-state index in [1.807, 2.05) is 0 Å². The third kappa shape index (κ3) is 14.5. The lowest BCUT2D eigenvalue weighted by Gasteiger charge is -2.21. The van der Waals surface area contributed by atoms with Gasteiger partial charge in [0.15, 0.2) is 0 Å². The van der Waals surface area contributed by atoms with E-state index in [-0.39, 0.29) is 31.5 Å². The van der Waals surface area contributed by atoms with E-state index in [0.717, 1.165) is 0 Å². The van der Waals surface area contributed by atoms with E-state index in [4.69, 9.17) is 10.2 Å². The normalized spacial score (nSPS) is 13.7. The molecule has 0 spiro atoms. The minimum atomic E-state index is -1.51. The first-order valence-corrected chi connectivity index (χ1v) is 11.6. The van der Waals surface area contributed by atoms with E-state index in [1.54, 1.807) is 0 Å². The predicted molar refractivity (Wildman–Crippen MR) is 127 cm³/mol. The van der Waals surface area contributed by atoms with Crippen LogP contribution in [-0.2, 0) is 38.4 Å². The van der Waals surface area contributed by atoms with E-state index in [1.165, 1.54) is 14.0 Å². The highest BCUT2D eigenvalue weighted by Gasteiger charge is 2.28. The maximum atomic E-state index is 12.6. The van der Waals surface area contributed by atoms with Crippen molar-refractivity contribution in [1.29, 1.82) is 0 Å². The Hall–Kier alpha value is -4.08. The van der Waals surface area contributed by atoms with Gasteiger partial charge in [0.2, 0.25) is 17.7 Å². The lowest BCUT2D eigenvalue weighted by atomic mass is 10.1. The van der Waals surface area contributed by atoms with Crippen molar-refractivity contribution < 1.29 is 58.8 Å². The van der Waals surface area contributed by atoms with Crippen molar-refractivity contribution in [2.75, 3.05) is 7.05 Å². The van der Waals surface area contributed by atoms with Gasteiger partial charge in [-0.1, -0.05) is 0 Å². The van der Waals surface area contributed by atoms with Gasteiger partial charge in [-0.05, 0) is 39.7 Å². The molecule has 0 radical (unpaired) electrons. The molecule has 0 aromatic heterocycles. The van der Waals surface area contributed by atoms with Crippen LogP contribution in [0.15, 0.2) is 0 Å². The minimum absolute atomic E-state index is 0.116. The molecule has 0 fully saturated rings. The van der Waals surface area contributed by atoms with Gasteiger partial charge < -0.3 is 46.5 Å². The third-order valence-electron chi connectivity index (χ3n) is 5.30. The van der Waals surface area contributed by atoms with Crippen molar-refractivity contribution in [1.82, 2.24) is 21.3 Å². The smallest absolute Gasteiger partial charge is 0.326 e. The molecular weight excluding hydrogens is 512 g/mol. The maximum absolute atomic E-state index is 12.6. The van der Waals surface area contributed by atoms with E-state index >= 15 is 0 Å². The monoisotopic (exact) mass is 546 g/mol. The maximum Gasteiger partial charge on any atom is 0.326 e. The van der Waals surface area contributed by atoms with Gasteiger partial charge in [0.05, 0.1) is 0 Å². The van der Waals surface area contributed by atoms with Crippen LogP contribution in [0.2, 0.25) is 0 Å². The van der Waals surface area contributed by atoms with Crippen LogP contribution in [0.5, 0.6) is 0 Å². The van der Waals surface area contributed by atoms with Gasteiger partial charge in [0.25, 0.3) is 0 Å². The zero-order valence-electron chi connectivity index (χ0n) is 21.0. The molecule has 8 N–H and O–H groups in total. The van der Waals surface area contributed by atoms with Crippen LogP contribution in [-0.4, -0.2) is 99.0 Å². The number of ketones is 1. The third-order valence-corrected chi connectivity index (χ3v) is 5.30. The number of amides is 3. The highest BCUT2D eigenvalue weighted by molar-refractivity contribution is 5.91. The molecule has 0 unspecified atom stereocenters. The van der Waals surface area contributed by atoms with E-state index < -0.39 is 91.4 Å². The summed E-state index contributed by atoms with van der Waals surface area (Å²) in [7, 11) is 1.38. The molecule has 0 aliphatic carbocycles. The van der Waals surface area contributed by atoms with Gasteiger partial charge in [-0.15, -0.1) is 0 Å². The molecule has 3 amide bonds. The van der Waals surface area contributed by atoms with Crippen molar-refractivity contribution in [2.24, 2.45) is 0 Å². The first kappa shape index (κ1) is 33.9. The van der Waals surface area contributed by atoms with Gasteiger partial charge in [0, 0.05) is 25.7 Å². The summed E-state index contributed by atoms with van der Waals surface area (Å²) >= 11 is 0. The minimum Gasteiger partial charge on any atom is -0.481 e. The molecular formula is C22H34N4O12. The summed E-state index contributed by atoms with van der Waals surface area (Å²) in [5, 5.41) is 45.5. The topological polar surface area (TPSA) is 266 Å². The second-order valence-electron chi connectivity index (χ2n) is 8.41. The molecule has 16 nitrogen and oxygen atoms in total. The highest BCUT2D eigenvalue weighted by Crippen LogP contribution is 2.06. The molecule has 0 saturated carbocycles. The Morgan fingerprint density at radius 3 is 1.37 bits per heavy atom. The molecule has 16 heteroatoms. The molecule has 0 bridgehead atoms. The van der Waals surface area contributed by atoms with Gasteiger partial charge in [-0.25, -0.2) is 9.59 Å². The standard InChI is InChI=1S/C22H34N4O12/c1-11(27)3-4-15(22(37)38)26-19(32)12(7-10-18(30)31)24-16(28)9-6-14(21(35)36)25-17(29)8-5-13(23-2)20(33)34/h12-15,23H,3-10H2,1-2H3,(H,24,28)(H,25,29)(H,26,32)(H,30,31)(H,33,34)(H,35,36)(H,37,38)/t12-,13-,14-,15-/m1/s1. The van der Waals surface area contributed by atoms with E-state index in [2.05, 4.69) is 21.3 Å². The average Bonchev–Trinajstić information content (AvgIpc) is 2.81. The first-order valence-electron chi connectivity index (χ1n) is 11.6. The largest absolute Gasteiger partial charge is 0.481 e. The number of Topliss-reactive ketones (excluding diaryl/α,β-unsaturated/α-hetero) is 1. The molecule has 0 aromatic rings. The zero-order valence-corrected chi connectivity index (χ0v) is 21.0. The first-order chi connectivity index (χ1) is 17.7. The molecule has 38 heavy (non-hydrogen) atoms. The van der Waals surface area contributed by atoms with Crippen molar-refractivity contribution in [3.05, 3.63) is 0 Å². The summed E-state index contributed by atoms with van der Waals surface area (Å²) in [4.78, 5) is 93.0. The fraction of sp³-hybridized carbons (Fsp3) is 0.636. The van der Waals surface area contributed by atoms with Crippen molar-refractivity contribution in [3.8, 4) is 0 Å². The Balaban J connectivity index is 5.15. The Morgan fingerprint density at radius 1 is 0.553 bits per heavy atom. The second kappa shape index (κ2) is 17.4. The predicted octanol–water partition coefficient (Wildman–Crippen LogP) is -1.92. The zero-order chi connectivity index (χ0) is 29.4. The number of carbonyl (C=O) groups excluding carboxylic acids is 4. The van der Waals surface area contributed by atoms with Gasteiger partial charge in [-0.3, -0.25) is 24.0 Å². The summed E-state index contributed by atoms with van der Waals surface area (Å²) in [5.74, 6) is -8.34. The Bertz CT molecular complexity index is 907. The SMILES string of the molecule is CN[C@H](CCC(=O)N[C@H](CCC(=O)N[C@H](CCC(=O)O)C(=O)N[C@H](CCC(C)=O)C(=O)O)C(=O)O)C(=O)O. The Labute approximate surface area is 217 Å². The molecule has 0 saturated heterocycles. The van der Waals surface area contributed by atoms with Crippen LogP contribution in [0, 0.1) is 0 Å². The number of likely N-dealkylation sites (N-methyl/N-ethyl adjacent to an activating group) is 1. The van der Waals surface area contributed by atoms with Crippen LogP contribution < -0.4 is 21.3 Å². The molecule has 0 rings (SSSR count). The molecule has 0 aromatic carbocycles. The summed E-state index contributed by atoms with van der Waals surface area (Å²) in [6.45, 7) is 1.23. The average molecular weight is 547 g/mol. The van der Waals surface area contributed by atoms with Crippen molar-refractivity contribution in [3.63, 3.8) is 0 Å². The Morgan fingerprint density at radius 2 is 0.947 bits per heavy atom. The van der Waals surface area contributed by atoms with Crippen LogP contribution in [0.3, 0.4) is 0 Å². The fourth-order valence-corrected chi connectivity index (χ4v) is 3.15. The number of carboxylic acids is 4. The highest BCUT2D eigenvalue weighted by atomic mass is 16.4. The van der Waals surface area contributed by atoms with Crippen LogP contribution >= 0.6 is 0 Å². The fourth-order valence-electron chi connectivity index (χ4n) is 3.15. The molecule has 0 aliphatic heterocycles. The van der Waals surface area contributed by atoms with Crippen LogP contribution in [0.25, 0.3) is 0 Å². The van der Waals surface area contributed by atoms with Gasteiger partial charge in [-0.2, -0.15) is 0 Å². The molecule has 0 heterocycles. The second-order valence-corrected chi connectivity index (χ2v) is 8.41. The quantitative estimate of drug-likeness (QED) is 0.0828. The number of carbonyl (C=O) groups is 8. The summed E-state index contributed by atoms with van der Waals surface area (Å²) < 4.78 is 0. The number of nitrogens with one attached hydrogen (secondary N) is 4. The molecule has 4 atom stereocenters. The lowest BCUT2D eigenvalue weighted by Crippen LogP contribution is -2.52.